The van der Waals surface area contributed by atoms with Gasteiger partial charge in [0.15, 0.2) is 0 Å². The van der Waals surface area contributed by atoms with Crippen LogP contribution in [0.3, 0.4) is 0 Å². The van der Waals surface area contributed by atoms with Gasteiger partial charge in [0, 0.05) is 19.4 Å². The van der Waals surface area contributed by atoms with Crippen LogP contribution in [0.1, 0.15) is 24.2 Å². The van der Waals surface area contributed by atoms with Crippen LogP contribution in [0.2, 0.25) is 0 Å². The molecular weight excluding hydrogens is 224 g/mol. The summed E-state index contributed by atoms with van der Waals surface area (Å²) in [5.74, 6) is -1.07. The lowest BCUT2D eigenvalue weighted by Gasteiger charge is -2.07. The maximum Gasteiger partial charge on any atom is 0.341 e. The number of rotatable bonds is 4. The molecule has 1 unspecified atom stereocenters. The van der Waals surface area contributed by atoms with Gasteiger partial charge in [0.1, 0.15) is 11.7 Å². The summed E-state index contributed by atoms with van der Waals surface area (Å²) >= 11 is 0. The Morgan fingerprint density at radius 1 is 1.53 bits per heavy atom. The standard InChI is InChI=1S/C11H16N2O4/c1-4-17-11(16)8-5-13(3)6-9(8)12-10(15)7(2)14/h5-7,14H,4H2,1-3H3,(H,12,15). The number of hydrogen-bond acceptors (Lipinski definition) is 4. The van der Waals surface area contributed by atoms with Crippen LogP contribution in [0.25, 0.3) is 0 Å². The van der Waals surface area contributed by atoms with Crippen LogP contribution >= 0.6 is 0 Å². The molecule has 0 spiro atoms. The largest absolute Gasteiger partial charge is 0.462 e. The number of esters is 1. The molecule has 94 valence electrons. The molecule has 17 heavy (non-hydrogen) atoms. The molecule has 1 heterocycles. The Balaban J connectivity index is 2.92. The van der Waals surface area contributed by atoms with E-state index in [1.807, 2.05) is 0 Å². The van der Waals surface area contributed by atoms with Gasteiger partial charge in [-0.05, 0) is 13.8 Å². The molecule has 0 saturated heterocycles. The quantitative estimate of drug-likeness (QED) is 0.752. The molecule has 1 amide bonds. The topological polar surface area (TPSA) is 80.6 Å². The Kier molecular flexibility index (Phi) is 4.28. The third kappa shape index (κ3) is 3.32. The van der Waals surface area contributed by atoms with Crippen molar-refractivity contribution < 1.29 is 19.4 Å². The van der Waals surface area contributed by atoms with Crippen LogP contribution in [0.5, 0.6) is 0 Å². The van der Waals surface area contributed by atoms with Crippen molar-refractivity contribution in [1.29, 1.82) is 0 Å². The number of anilines is 1. The SMILES string of the molecule is CCOC(=O)c1cn(C)cc1NC(=O)C(C)O. The summed E-state index contributed by atoms with van der Waals surface area (Å²) in [6, 6.07) is 0. The highest BCUT2D eigenvalue weighted by molar-refractivity contribution is 6.02. The van der Waals surface area contributed by atoms with Crippen molar-refractivity contribution in [3.8, 4) is 0 Å². The molecule has 1 aromatic rings. The summed E-state index contributed by atoms with van der Waals surface area (Å²) in [6.45, 7) is 3.31. The number of nitrogens with zero attached hydrogens (tertiary/aromatic N) is 1. The third-order valence-electron chi connectivity index (χ3n) is 2.09. The zero-order valence-electron chi connectivity index (χ0n) is 10.1. The minimum atomic E-state index is -1.13. The van der Waals surface area contributed by atoms with Gasteiger partial charge in [-0.15, -0.1) is 0 Å². The fourth-order valence-corrected chi connectivity index (χ4v) is 1.29. The fraction of sp³-hybridized carbons (Fsp3) is 0.455. The molecule has 6 heteroatoms. The maximum atomic E-state index is 11.6. The van der Waals surface area contributed by atoms with Crippen LogP contribution in [0, 0.1) is 0 Å². The molecular formula is C11H16N2O4. The number of aryl methyl sites for hydroxylation is 1. The first-order valence-corrected chi connectivity index (χ1v) is 5.27. The highest BCUT2D eigenvalue weighted by Crippen LogP contribution is 2.17. The second kappa shape index (κ2) is 5.49. The Labute approximate surface area is 99.2 Å². The Morgan fingerprint density at radius 2 is 2.18 bits per heavy atom. The van der Waals surface area contributed by atoms with E-state index in [1.54, 1.807) is 30.9 Å². The molecule has 1 rings (SSSR count). The summed E-state index contributed by atoms with van der Waals surface area (Å²) in [5.41, 5.74) is 0.597. The van der Waals surface area contributed by atoms with Gasteiger partial charge in [0.05, 0.1) is 12.3 Å². The molecule has 0 fully saturated rings. The van der Waals surface area contributed by atoms with Crippen molar-refractivity contribution in [3.63, 3.8) is 0 Å². The number of carbonyl (C=O) groups is 2. The number of hydrogen-bond donors (Lipinski definition) is 2. The molecule has 0 aliphatic carbocycles. The number of aliphatic hydroxyl groups is 1. The Hall–Kier alpha value is -1.82. The normalized spacial score (nSPS) is 12.0. The predicted octanol–water partition coefficient (Wildman–Crippen LogP) is 0.521. The van der Waals surface area contributed by atoms with Crippen molar-refractivity contribution in [1.82, 2.24) is 4.57 Å². The molecule has 6 nitrogen and oxygen atoms in total. The summed E-state index contributed by atoms with van der Waals surface area (Å²) in [6.07, 6.45) is 1.99. The minimum absolute atomic E-state index is 0.261. The van der Waals surface area contributed by atoms with E-state index < -0.39 is 18.0 Å². The van der Waals surface area contributed by atoms with Gasteiger partial charge in [-0.2, -0.15) is 0 Å². The zero-order valence-corrected chi connectivity index (χ0v) is 10.1. The maximum absolute atomic E-state index is 11.6. The highest BCUT2D eigenvalue weighted by atomic mass is 16.5. The number of aliphatic hydroxyl groups excluding tert-OH is 1. The first kappa shape index (κ1) is 13.2. The van der Waals surface area contributed by atoms with E-state index in [1.165, 1.54) is 6.92 Å². The molecule has 0 aromatic carbocycles. The first-order chi connectivity index (χ1) is 7.95. The van der Waals surface area contributed by atoms with E-state index in [0.717, 1.165) is 0 Å². The molecule has 0 saturated carbocycles. The Morgan fingerprint density at radius 3 is 2.71 bits per heavy atom. The molecule has 2 N–H and O–H groups in total. The van der Waals surface area contributed by atoms with Crippen LogP contribution in [-0.4, -0.2) is 34.3 Å². The minimum Gasteiger partial charge on any atom is -0.462 e. The zero-order chi connectivity index (χ0) is 13.0. The predicted molar refractivity (Wildman–Crippen MR) is 61.7 cm³/mol. The summed E-state index contributed by atoms with van der Waals surface area (Å²) < 4.78 is 6.49. The number of ether oxygens (including phenoxy) is 1. The van der Waals surface area contributed by atoms with Gasteiger partial charge >= 0.3 is 5.97 Å². The third-order valence-corrected chi connectivity index (χ3v) is 2.09. The molecule has 0 aliphatic heterocycles. The number of aromatic nitrogens is 1. The number of carbonyl (C=O) groups excluding carboxylic acids is 2. The van der Waals surface area contributed by atoms with Gasteiger partial charge in [0.2, 0.25) is 0 Å². The van der Waals surface area contributed by atoms with E-state index in [4.69, 9.17) is 9.84 Å². The lowest BCUT2D eigenvalue weighted by atomic mass is 10.3. The van der Waals surface area contributed by atoms with Crippen LogP contribution in [-0.2, 0) is 16.6 Å². The number of nitrogens with one attached hydrogen (secondary N) is 1. The van der Waals surface area contributed by atoms with E-state index in [-0.39, 0.29) is 12.2 Å². The van der Waals surface area contributed by atoms with Crippen LogP contribution < -0.4 is 5.32 Å². The van der Waals surface area contributed by atoms with Crippen molar-refractivity contribution >= 4 is 17.6 Å². The van der Waals surface area contributed by atoms with E-state index in [0.29, 0.717) is 5.69 Å². The van der Waals surface area contributed by atoms with Crippen molar-refractivity contribution in [3.05, 3.63) is 18.0 Å². The number of amides is 1. The van der Waals surface area contributed by atoms with Crippen LogP contribution in [0.15, 0.2) is 12.4 Å². The Bertz CT molecular complexity index is 423. The summed E-state index contributed by atoms with van der Waals surface area (Å²) in [5, 5.41) is 11.5. The molecule has 1 atom stereocenters. The van der Waals surface area contributed by atoms with E-state index in [2.05, 4.69) is 5.32 Å². The van der Waals surface area contributed by atoms with Crippen molar-refractivity contribution in [2.24, 2.45) is 7.05 Å². The lowest BCUT2D eigenvalue weighted by Crippen LogP contribution is -2.25. The van der Waals surface area contributed by atoms with Gasteiger partial charge in [0.25, 0.3) is 5.91 Å². The fourth-order valence-electron chi connectivity index (χ4n) is 1.29. The van der Waals surface area contributed by atoms with Gasteiger partial charge < -0.3 is 19.7 Å². The second-order valence-corrected chi connectivity index (χ2v) is 3.64. The smallest absolute Gasteiger partial charge is 0.341 e. The van der Waals surface area contributed by atoms with Gasteiger partial charge in [-0.1, -0.05) is 0 Å². The van der Waals surface area contributed by atoms with Gasteiger partial charge in [-0.3, -0.25) is 4.79 Å². The molecule has 0 bridgehead atoms. The molecule has 0 aliphatic rings. The first-order valence-electron chi connectivity index (χ1n) is 5.27. The molecule has 0 radical (unpaired) electrons. The summed E-state index contributed by atoms with van der Waals surface area (Å²) in [7, 11) is 1.72. The van der Waals surface area contributed by atoms with Crippen molar-refractivity contribution in [2.45, 2.75) is 20.0 Å². The average Bonchev–Trinajstić information content (AvgIpc) is 2.59. The van der Waals surface area contributed by atoms with Crippen LogP contribution in [0.4, 0.5) is 5.69 Å². The van der Waals surface area contributed by atoms with E-state index in [9.17, 15) is 9.59 Å². The average molecular weight is 240 g/mol. The second-order valence-electron chi connectivity index (χ2n) is 3.64. The molecule has 1 aromatic heterocycles. The van der Waals surface area contributed by atoms with Crippen molar-refractivity contribution in [2.75, 3.05) is 11.9 Å². The lowest BCUT2D eigenvalue weighted by molar-refractivity contribution is -0.123. The highest BCUT2D eigenvalue weighted by Gasteiger charge is 2.18. The monoisotopic (exact) mass is 240 g/mol. The van der Waals surface area contributed by atoms with E-state index >= 15 is 0 Å². The summed E-state index contributed by atoms with van der Waals surface area (Å²) in [4.78, 5) is 22.9. The van der Waals surface area contributed by atoms with Gasteiger partial charge in [-0.25, -0.2) is 4.79 Å².